The van der Waals surface area contributed by atoms with Crippen molar-refractivity contribution in [2.45, 2.75) is 34.6 Å². The molecule has 6 heterocycles. The third kappa shape index (κ3) is 20.8. The highest BCUT2D eigenvalue weighted by Gasteiger charge is 2.20. The lowest BCUT2D eigenvalue weighted by Crippen LogP contribution is -2.22. The third-order valence-corrected chi connectivity index (χ3v) is 19.6. The van der Waals surface area contributed by atoms with E-state index in [1.807, 2.05) is 150 Å². The Kier molecular flexibility index (Phi) is 27.5. The van der Waals surface area contributed by atoms with Gasteiger partial charge in [-0.15, -0.1) is 0 Å². The lowest BCUT2D eigenvalue weighted by molar-refractivity contribution is 0.100. The minimum atomic E-state index is -0.456. The molecule has 17 rings (SSSR count). The van der Waals surface area contributed by atoms with Gasteiger partial charge < -0.3 is 65.5 Å². The molecule has 0 bridgehead atoms. The monoisotopic (exact) mass is 1640 g/mol. The van der Waals surface area contributed by atoms with Crippen LogP contribution < -0.4 is 68.6 Å². The summed E-state index contributed by atoms with van der Waals surface area (Å²) < 4.78 is 12.1. The second-order valence-corrected chi connectivity index (χ2v) is 28.2. The van der Waals surface area contributed by atoms with Crippen LogP contribution in [0.5, 0.6) is 11.5 Å². The van der Waals surface area contributed by atoms with Crippen molar-refractivity contribution in [1.82, 2.24) is 29.5 Å². The topological polar surface area (TPSA) is 367 Å². The van der Waals surface area contributed by atoms with Gasteiger partial charge in [-0.25, -0.2) is 0 Å². The summed E-state index contributed by atoms with van der Waals surface area (Å²) in [6.07, 6.45) is 8.82. The number of hydrogen-bond donors (Lipinski definition) is 10. The summed E-state index contributed by atoms with van der Waals surface area (Å²) in [6.45, 7) is 9.14. The zero-order chi connectivity index (χ0) is 87.4. The summed E-state index contributed by atoms with van der Waals surface area (Å²) in [4.78, 5) is 161. The van der Waals surface area contributed by atoms with Crippen LogP contribution in [0.3, 0.4) is 0 Å². The van der Waals surface area contributed by atoms with E-state index in [1.165, 1.54) is 37.9 Å². The molecular formula is C98H83N11O14. The molecule has 0 saturated carbocycles. The van der Waals surface area contributed by atoms with E-state index in [0.717, 1.165) is 44.3 Å². The first kappa shape index (κ1) is 85.7. The van der Waals surface area contributed by atoms with E-state index >= 15 is 0 Å². The number of aromatic nitrogens is 6. The van der Waals surface area contributed by atoms with Crippen molar-refractivity contribution in [1.29, 1.82) is 0 Å². The van der Waals surface area contributed by atoms with Crippen molar-refractivity contribution in [3.05, 3.63) is 415 Å². The van der Waals surface area contributed by atoms with Crippen LogP contribution in [0.25, 0.3) is 65.4 Å². The van der Waals surface area contributed by atoms with Crippen LogP contribution in [0.2, 0.25) is 0 Å². The van der Waals surface area contributed by atoms with Gasteiger partial charge in [0.25, 0.3) is 29.5 Å². The highest BCUT2D eigenvalue weighted by atomic mass is 16.5. The van der Waals surface area contributed by atoms with Crippen molar-refractivity contribution in [3.63, 3.8) is 0 Å². The minimum Gasteiger partial charge on any atom is -0.497 e. The molecule has 11 aromatic carbocycles. The molecule has 25 heteroatoms. The molecule has 0 atom stereocenters. The van der Waals surface area contributed by atoms with E-state index in [2.05, 4.69) is 51.5 Å². The number of rotatable bonds is 13. The van der Waals surface area contributed by atoms with Gasteiger partial charge in [-0.05, 0) is 185 Å². The summed E-state index contributed by atoms with van der Waals surface area (Å²) in [5.41, 5.74) is 10.8. The molecule has 10 N–H and O–H groups in total. The number of methoxy groups -OCH3 is 2. The Hall–Kier alpha value is -16.7. The number of benzene rings is 11. The number of ketones is 1. The lowest BCUT2D eigenvalue weighted by atomic mass is 10.1. The Morgan fingerprint density at radius 2 is 0.634 bits per heavy atom. The first-order chi connectivity index (χ1) is 59.4. The highest BCUT2D eigenvalue weighted by molar-refractivity contribution is 6.09. The van der Waals surface area contributed by atoms with E-state index in [4.69, 9.17) is 9.47 Å². The molecular weight excluding hydrogens is 1560 g/mol. The van der Waals surface area contributed by atoms with Crippen molar-refractivity contribution in [3.8, 4) is 11.5 Å². The zero-order valence-electron chi connectivity index (χ0n) is 68.0. The van der Waals surface area contributed by atoms with Gasteiger partial charge in [0, 0.05) is 139 Å². The number of fused-ring (bicyclic) bond motifs is 6. The molecule has 0 aliphatic heterocycles. The molecule has 0 fully saturated rings. The van der Waals surface area contributed by atoms with Crippen LogP contribution in [-0.4, -0.2) is 79.0 Å². The summed E-state index contributed by atoms with van der Waals surface area (Å²) in [6, 6.07) is 77.4. The van der Waals surface area contributed by atoms with Gasteiger partial charge in [-0.1, -0.05) is 127 Å². The van der Waals surface area contributed by atoms with Gasteiger partial charge in [0.1, 0.15) is 39.3 Å². The molecule has 0 aliphatic rings. The smallest absolute Gasteiger partial charge is 0.261 e. The number of nitrogens with zero attached hydrogens (tertiary/aromatic N) is 1. The maximum absolute atomic E-state index is 12.4. The second kappa shape index (κ2) is 39.5. The Bertz CT molecular complexity index is 7270. The van der Waals surface area contributed by atoms with Crippen LogP contribution in [0, 0.1) is 27.7 Å². The number of carbonyl (C=O) groups excluding carboxylic acids is 6. The van der Waals surface area contributed by atoms with E-state index < -0.39 is 29.5 Å². The molecule has 5 amide bonds. The third-order valence-electron chi connectivity index (χ3n) is 19.6. The Labute approximate surface area is 702 Å². The van der Waals surface area contributed by atoms with Crippen LogP contribution in [0.4, 0.5) is 28.4 Å². The molecule has 0 radical (unpaired) electrons. The normalized spacial score (nSPS) is 10.5. The van der Waals surface area contributed by atoms with E-state index in [-0.39, 0.29) is 71.7 Å². The fourth-order valence-electron chi connectivity index (χ4n) is 13.0. The Morgan fingerprint density at radius 1 is 0.301 bits per heavy atom. The number of pyridine rings is 6. The summed E-state index contributed by atoms with van der Waals surface area (Å²) in [5.74, 6) is -0.951. The number of aromatic amines is 5. The largest absolute Gasteiger partial charge is 0.497 e. The average molecular weight is 1640 g/mol. The van der Waals surface area contributed by atoms with Gasteiger partial charge in [0.2, 0.25) is 27.1 Å². The number of Topliss-reactive ketones (excluding diaryl/α,β-unsaturated/α-hetero) is 1. The number of aryl methyl sites for hydroxylation is 5. The predicted octanol–water partition coefficient (Wildman–Crippen LogP) is 16.9. The van der Waals surface area contributed by atoms with E-state index in [9.17, 15) is 57.5 Å². The standard InChI is InChI=1S/C18H16N2O3.C17H14N2O3.3C17H14N2O2.C12H11NO2/c1-11-7-8-12(9-16(11)23-2)20-18(22)14-10-19-15-6-4-3-5-13(15)17(14)21;1-22-12-8-6-11(7-9-12)19-17(21)14-10-18-15-5-3-2-4-13(15)16(14)20;1-11-6-2-4-8-14(11)19-17(21)13-10-18-15-9-5-3-7-12(15)16(13)20;1-11-5-4-6-12(9-11)19-17(21)14-10-18-15-8-3-2-7-13(15)16(14)20;1-11-6-8-12(9-7-11)19-17(21)14-10-18-15-5-3-2-4-13(15)16(14)20;1-8(14)10-7-13(2)11-6-4-3-5-9(11)12(10)15/h3-10H,1-2H3,(H,19,21)(H,20,22);2-10H,1H3,(H,18,20)(H,19,21);3*2-10H,1H3,(H,18,20)(H,19,21);3-7H,1-2H3. The molecule has 0 aliphatic carbocycles. The maximum atomic E-state index is 12.4. The molecule has 0 spiro atoms. The van der Waals surface area contributed by atoms with Crippen LogP contribution in [0.1, 0.15) is 91.3 Å². The number of anilines is 5. The minimum absolute atomic E-state index is 0.0724. The number of hydrogen-bond acceptors (Lipinski definition) is 14. The quantitative estimate of drug-likeness (QED) is 0.0480. The van der Waals surface area contributed by atoms with Crippen LogP contribution in [-0.2, 0) is 7.05 Å². The second-order valence-electron chi connectivity index (χ2n) is 28.2. The lowest BCUT2D eigenvalue weighted by Gasteiger charge is -2.09. The summed E-state index contributed by atoms with van der Waals surface area (Å²) >= 11 is 0. The number of nitrogens with one attached hydrogen (secondary N) is 10. The number of H-pyrrole nitrogens is 5. The molecule has 25 nitrogen and oxygen atoms in total. The molecule has 17 aromatic rings. The predicted molar refractivity (Wildman–Crippen MR) is 486 cm³/mol. The van der Waals surface area contributed by atoms with Crippen molar-refractivity contribution in [2.75, 3.05) is 40.8 Å². The SMILES string of the molecule is CC(=O)c1cn(C)c2ccccc2c1=O.COc1cc(NC(=O)c2c[nH]c3ccccc3c2=O)ccc1C.COc1ccc(NC(=O)c2c[nH]c3ccccc3c2=O)cc1.Cc1ccc(NC(=O)c2c[nH]c3ccccc3c2=O)cc1.Cc1cccc(NC(=O)c2c[nH]c3ccccc3c2=O)c1.Cc1ccccc1NC(=O)c1c[nH]c2ccccc2c1=O. The molecule has 0 saturated heterocycles. The number of carbonyl (C=O) groups is 6. The van der Waals surface area contributed by atoms with Crippen molar-refractivity contribution in [2.24, 2.45) is 7.05 Å². The average Bonchev–Trinajstić information content (AvgIpc) is 0.811. The highest BCUT2D eigenvalue weighted by Crippen LogP contribution is 2.24. The van der Waals surface area contributed by atoms with Crippen molar-refractivity contribution < 1.29 is 38.2 Å². The van der Waals surface area contributed by atoms with E-state index in [0.29, 0.717) is 83.3 Å². The number of amides is 5. The Morgan fingerprint density at radius 3 is 1.02 bits per heavy atom. The van der Waals surface area contributed by atoms with Gasteiger partial charge >= 0.3 is 0 Å². The molecule has 6 aromatic heterocycles. The molecule has 123 heavy (non-hydrogen) atoms. The zero-order valence-corrected chi connectivity index (χ0v) is 68.0. The number of ether oxygens (including phenoxy) is 2. The van der Waals surface area contributed by atoms with E-state index in [1.54, 1.807) is 171 Å². The van der Waals surface area contributed by atoms with Crippen LogP contribution >= 0.6 is 0 Å². The summed E-state index contributed by atoms with van der Waals surface area (Å²) in [7, 11) is 4.97. The Balaban J connectivity index is 0.000000135. The fourth-order valence-corrected chi connectivity index (χ4v) is 13.0. The summed E-state index contributed by atoms with van der Waals surface area (Å²) in [5, 5.41) is 16.8. The van der Waals surface area contributed by atoms with Gasteiger partial charge in [0.15, 0.2) is 11.2 Å². The first-order valence-electron chi connectivity index (χ1n) is 38.5. The van der Waals surface area contributed by atoms with Crippen LogP contribution in [0.15, 0.2) is 327 Å². The number of para-hydroxylation sites is 7. The van der Waals surface area contributed by atoms with Crippen molar-refractivity contribution >= 4 is 129 Å². The van der Waals surface area contributed by atoms with Gasteiger partial charge in [-0.3, -0.25) is 57.5 Å². The fraction of sp³-hybridized carbons (Fsp3) is 0.0816. The van der Waals surface area contributed by atoms with Gasteiger partial charge in [-0.2, -0.15) is 0 Å². The maximum Gasteiger partial charge on any atom is 0.261 e. The first-order valence-corrected chi connectivity index (χ1v) is 38.5. The molecule has 0 unspecified atom stereocenters. The van der Waals surface area contributed by atoms with Gasteiger partial charge in [0.05, 0.1) is 25.3 Å². The molecule has 614 valence electrons.